The van der Waals surface area contributed by atoms with Gasteiger partial charge in [-0.3, -0.25) is 14.4 Å². The van der Waals surface area contributed by atoms with Gasteiger partial charge in [0.1, 0.15) is 11.5 Å². The van der Waals surface area contributed by atoms with Crippen molar-refractivity contribution in [3.63, 3.8) is 0 Å². The minimum absolute atomic E-state index is 0.0335. The first-order valence-electron chi connectivity index (χ1n) is 12.5. The number of nitrogens with one attached hydrogen (secondary N) is 1. The van der Waals surface area contributed by atoms with Crippen LogP contribution in [0.25, 0.3) is 10.8 Å². The maximum atomic E-state index is 12.7. The summed E-state index contributed by atoms with van der Waals surface area (Å²) < 4.78 is 11.3. The summed E-state index contributed by atoms with van der Waals surface area (Å²) in [5.41, 5.74) is 3.37. The summed E-state index contributed by atoms with van der Waals surface area (Å²) in [5.74, 6) is -0.406. The molecule has 0 bridgehead atoms. The Morgan fingerprint density at radius 2 is 1.63 bits per heavy atom. The molecule has 0 spiro atoms. The number of fused-ring (bicyclic) bond motifs is 1. The second-order valence-electron chi connectivity index (χ2n) is 9.51. The fraction of sp³-hybridized carbons (Fsp3) is 0.194. The number of amides is 2. The summed E-state index contributed by atoms with van der Waals surface area (Å²) in [6, 6.07) is 26.8. The molecule has 1 heterocycles. The maximum Gasteiger partial charge on any atom is 0.311 e. The number of nitrogens with zero attached hydrogens (tertiary/aromatic N) is 1. The lowest BCUT2D eigenvalue weighted by Crippen LogP contribution is -2.28. The summed E-state index contributed by atoms with van der Waals surface area (Å²) >= 11 is 0. The summed E-state index contributed by atoms with van der Waals surface area (Å²) in [6.07, 6.45) is 0.0335. The summed E-state index contributed by atoms with van der Waals surface area (Å²) in [7, 11) is 0. The summed E-state index contributed by atoms with van der Waals surface area (Å²) in [4.78, 5) is 39.1. The van der Waals surface area contributed by atoms with Crippen molar-refractivity contribution in [3.05, 3.63) is 96.1 Å². The molecule has 1 atom stereocenters. The molecule has 4 aromatic carbocycles. The number of rotatable bonds is 7. The first-order chi connectivity index (χ1) is 18.4. The monoisotopic (exact) mass is 508 g/mol. The van der Waals surface area contributed by atoms with E-state index in [4.69, 9.17) is 9.47 Å². The zero-order chi connectivity index (χ0) is 26.6. The van der Waals surface area contributed by atoms with Gasteiger partial charge in [0.05, 0.1) is 5.92 Å². The number of hydrogen-bond donors (Lipinski definition) is 1. The summed E-state index contributed by atoms with van der Waals surface area (Å²) in [5, 5.41) is 4.84. The van der Waals surface area contributed by atoms with Crippen LogP contribution in [0, 0.1) is 19.8 Å². The maximum absolute atomic E-state index is 12.7. The molecule has 38 heavy (non-hydrogen) atoms. The lowest BCUT2D eigenvalue weighted by atomic mass is 10.1. The van der Waals surface area contributed by atoms with Crippen LogP contribution in [0.3, 0.4) is 0 Å². The zero-order valence-electron chi connectivity index (χ0n) is 21.3. The van der Waals surface area contributed by atoms with Crippen molar-refractivity contribution in [2.75, 3.05) is 23.4 Å². The number of benzene rings is 4. The highest BCUT2D eigenvalue weighted by atomic mass is 16.5. The van der Waals surface area contributed by atoms with E-state index in [9.17, 15) is 14.4 Å². The van der Waals surface area contributed by atoms with Crippen molar-refractivity contribution < 1.29 is 23.9 Å². The molecule has 0 radical (unpaired) electrons. The van der Waals surface area contributed by atoms with Gasteiger partial charge in [0.25, 0.3) is 5.91 Å². The van der Waals surface area contributed by atoms with E-state index in [1.165, 1.54) is 0 Å². The van der Waals surface area contributed by atoms with Crippen LogP contribution in [0.15, 0.2) is 84.9 Å². The van der Waals surface area contributed by atoms with Gasteiger partial charge in [-0.05, 0) is 72.8 Å². The number of carbonyl (C=O) groups is 3. The van der Waals surface area contributed by atoms with Gasteiger partial charge in [-0.1, -0.05) is 42.5 Å². The number of aryl methyl sites for hydroxylation is 2. The third-order valence-electron chi connectivity index (χ3n) is 6.44. The van der Waals surface area contributed by atoms with Gasteiger partial charge in [-0.15, -0.1) is 0 Å². The molecule has 4 aromatic rings. The molecule has 0 saturated carbocycles. The average Bonchev–Trinajstić information content (AvgIpc) is 3.29. The van der Waals surface area contributed by atoms with E-state index in [2.05, 4.69) is 5.32 Å². The van der Waals surface area contributed by atoms with Crippen molar-refractivity contribution in [1.29, 1.82) is 0 Å². The van der Waals surface area contributed by atoms with Crippen LogP contribution in [-0.2, 0) is 19.1 Å². The highest BCUT2D eigenvalue weighted by Gasteiger charge is 2.36. The van der Waals surface area contributed by atoms with E-state index >= 15 is 0 Å². The van der Waals surface area contributed by atoms with Gasteiger partial charge in [-0.25, -0.2) is 0 Å². The third kappa shape index (κ3) is 5.67. The van der Waals surface area contributed by atoms with Crippen LogP contribution in [0.5, 0.6) is 11.5 Å². The van der Waals surface area contributed by atoms with E-state index in [1.54, 1.807) is 29.2 Å². The van der Waals surface area contributed by atoms with E-state index < -0.39 is 24.4 Å². The van der Waals surface area contributed by atoms with Crippen LogP contribution >= 0.6 is 0 Å². The van der Waals surface area contributed by atoms with E-state index in [0.29, 0.717) is 17.1 Å². The van der Waals surface area contributed by atoms with E-state index in [0.717, 1.165) is 27.6 Å². The van der Waals surface area contributed by atoms with Crippen molar-refractivity contribution >= 4 is 39.9 Å². The van der Waals surface area contributed by atoms with Crippen molar-refractivity contribution in [2.24, 2.45) is 5.92 Å². The number of ether oxygens (including phenoxy) is 2. The highest BCUT2D eigenvalue weighted by molar-refractivity contribution is 6.00. The van der Waals surface area contributed by atoms with Crippen LogP contribution in [0.2, 0.25) is 0 Å². The molecule has 0 aliphatic carbocycles. The largest absolute Gasteiger partial charge is 0.457 e. The Morgan fingerprint density at radius 1 is 0.921 bits per heavy atom. The van der Waals surface area contributed by atoms with Crippen LogP contribution in [0.1, 0.15) is 17.5 Å². The minimum Gasteiger partial charge on any atom is -0.457 e. The predicted molar refractivity (Wildman–Crippen MR) is 146 cm³/mol. The van der Waals surface area contributed by atoms with Gasteiger partial charge < -0.3 is 19.7 Å². The van der Waals surface area contributed by atoms with E-state index in [-0.39, 0.29) is 18.9 Å². The van der Waals surface area contributed by atoms with Gasteiger partial charge >= 0.3 is 5.97 Å². The molecule has 1 N–H and O–H groups in total. The standard InChI is InChI=1S/C31H28N2O5/c1-20-14-21(2)16-24(15-20)32-29(34)19-37-31(36)23-17-30(35)33(18-23)25-10-12-26(13-11-25)38-28-9-5-7-22-6-3-4-8-27(22)28/h3-16,23H,17-19H2,1-2H3,(H,32,34)/t23-/m1/s1. The zero-order valence-corrected chi connectivity index (χ0v) is 21.3. The predicted octanol–water partition coefficient (Wildman–Crippen LogP) is 5.78. The molecule has 192 valence electrons. The lowest BCUT2D eigenvalue weighted by molar-refractivity contribution is -0.151. The second kappa shape index (κ2) is 10.8. The topological polar surface area (TPSA) is 84.9 Å². The molecular weight excluding hydrogens is 480 g/mol. The van der Waals surface area contributed by atoms with Crippen LogP contribution in [0.4, 0.5) is 11.4 Å². The van der Waals surface area contributed by atoms with Gasteiger partial charge in [0, 0.05) is 29.7 Å². The van der Waals surface area contributed by atoms with Gasteiger partial charge in [0.2, 0.25) is 5.91 Å². The van der Waals surface area contributed by atoms with Crippen molar-refractivity contribution in [2.45, 2.75) is 20.3 Å². The molecule has 2 amide bonds. The minimum atomic E-state index is -0.636. The Balaban J connectivity index is 1.16. The third-order valence-corrected chi connectivity index (χ3v) is 6.44. The van der Waals surface area contributed by atoms with Crippen molar-refractivity contribution in [3.8, 4) is 11.5 Å². The lowest BCUT2D eigenvalue weighted by Gasteiger charge is -2.17. The molecular formula is C31H28N2O5. The molecule has 5 rings (SSSR count). The van der Waals surface area contributed by atoms with Crippen molar-refractivity contribution in [1.82, 2.24) is 0 Å². The number of esters is 1. The fourth-order valence-electron chi connectivity index (χ4n) is 4.72. The molecule has 0 unspecified atom stereocenters. The first-order valence-corrected chi connectivity index (χ1v) is 12.5. The Morgan fingerprint density at radius 3 is 2.39 bits per heavy atom. The molecule has 1 aliphatic rings. The molecule has 1 fully saturated rings. The highest BCUT2D eigenvalue weighted by Crippen LogP contribution is 2.32. The van der Waals surface area contributed by atoms with Gasteiger partial charge in [-0.2, -0.15) is 0 Å². The molecule has 7 nitrogen and oxygen atoms in total. The Hall–Kier alpha value is -4.65. The van der Waals surface area contributed by atoms with E-state index in [1.807, 2.05) is 74.5 Å². The van der Waals surface area contributed by atoms with Gasteiger partial charge in [0.15, 0.2) is 6.61 Å². The number of anilines is 2. The average molecular weight is 509 g/mol. The number of hydrogen-bond acceptors (Lipinski definition) is 5. The normalized spacial score (nSPS) is 14.9. The van der Waals surface area contributed by atoms with Crippen LogP contribution < -0.4 is 15.0 Å². The Kier molecular flexibility index (Phi) is 7.09. The second-order valence-corrected chi connectivity index (χ2v) is 9.51. The molecule has 1 saturated heterocycles. The van der Waals surface area contributed by atoms with Crippen LogP contribution in [-0.4, -0.2) is 30.9 Å². The Labute approximate surface area is 221 Å². The fourth-order valence-corrected chi connectivity index (χ4v) is 4.72. The summed E-state index contributed by atoms with van der Waals surface area (Å²) in [6.45, 7) is 3.67. The molecule has 1 aliphatic heterocycles. The Bertz CT molecular complexity index is 1490. The quantitative estimate of drug-likeness (QED) is 0.320. The number of carbonyl (C=O) groups excluding carboxylic acids is 3. The first kappa shape index (κ1) is 25.0. The molecule has 0 aromatic heterocycles. The SMILES string of the molecule is Cc1cc(C)cc(NC(=O)COC(=O)[C@@H]2CC(=O)N(c3ccc(Oc4cccc5ccccc45)cc3)C2)c1. The molecule has 7 heteroatoms. The smallest absolute Gasteiger partial charge is 0.311 e.